The van der Waals surface area contributed by atoms with E-state index in [1.54, 1.807) is 0 Å². The summed E-state index contributed by atoms with van der Waals surface area (Å²) in [5, 5.41) is 16.1. The fourth-order valence-electron chi connectivity index (χ4n) is 2.04. The van der Waals surface area contributed by atoms with Crippen molar-refractivity contribution in [2.45, 2.75) is 77.0 Å². The van der Waals surface area contributed by atoms with Crippen molar-refractivity contribution in [3.63, 3.8) is 0 Å². The Morgan fingerprint density at radius 2 is 1.17 bits per heavy atom. The minimum Gasteiger partial charge on any atom is -0.481 e. The van der Waals surface area contributed by atoms with E-state index in [0.29, 0.717) is 25.7 Å². The predicted molar refractivity (Wildman–Crippen MR) is 96.6 cm³/mol. The maximum Gasteiger partial charge on any atom is 0.318 e. The Labute approximate surface area is 150 Å². The number of Topliss-reactive ketones (excluding diaryl/α,β-unsaturated/α-hetero) is 1. The summed E-state index contributed by atoms with van der Waals surface area (Å²) in [5.41, 5.74) is 0. The Hall–Kier alpha value is -1.36. The molecule has 0 fully saturated rings. The van der Waals surface area contributed by atoms with E-state index in [0.717, 1.165) is 19.3 Å². The van der Waals surface area contributed by atoms with Gasteiger partial charge >= 0.3 is 11.9 Å². The van der Waals surface area contributed by atoms with Gasteiger partial charge in [0.05, 0.1) is 0 Å². The van der Waals surface area contributed by atoms with Gasteiger partial charge in [-0.2, -0.15) is 0 Å². The largest absolute Gasteiger partial charge is 0.481 e. The lowest BCUT2D eigenvalue weighted by atomic mass is 10.0. The van der Waals surface area contributed by atoms with Gasteiger partial charge in [-0.3, -0.25) is 14.4 Å². The first-order valence-electron chi connectivity index (χ1n) is 8.56. The summed E-state index contributed by atoms with van der Waals surface area (Å²) >= 11 is 4.74. The fraction of sp³-hybridized carbons (Fsp3) is 0.722. The Kier molecular flexibility index (Phi) is 20.4. The molecule has 0 bridgehead atoms. The minimum atomic E-state index is -0.980. The molecule has 140 valence electrons. The van der Waals surface area contributed by atoms with Gasteiger partial charge in [-0.25, -0.2) is 0 Å². The molecule has 0 heterocycles. The number of carbonyl (C=O) groups excluding carboxylic acids is 1. The van der Waals surface area contributed by atoms with Crippen molar-refractivity contribution in [1.29, 1.82) is 0 Å². The molecular weight excluding hydrogens is 332 g/mol. The van der Waals surface area contributed by atoms with E-state index in [9.17, 15) is 14.4 Å². The maximum absolute atomic E-state index is 11.5. The lowest BCUT2D eigenvalue weighted by molar-refractivity contribution is -0.137. The lowest BCUT2D eigenvalue weighted by Gasteiger charge is -2.02. The second-order valence-corrected chi connectivity index (χ2v) is 5.88. The second-order valence-electron chi connectivity index (χ2n) is 5.62. The van der Waals surface area contributed by atoms with Crippen molar-refractivity contribution in [2.75, 3.05) is 5.88 Å². The highest BCUT2D eigenvalue weighted by molar-refractivity contribution is 6.26. The second kappa shape index (κ2) is 19.7. The van der Waals surface area contributed by atoms with Crippen molar-refractivity contribution >= 4 is 29.3 Å². The number of aliphatic carboxylic acids is 2. The number of ketones is 1. The summed E-state index contributed by atoms with van der Waals surface area (Å²) in [6.45, 7) is 3.70. The zero-order chi connectivity index (χ0) is 18.6. The summed E-state index contributed by atoms with van der Waals surface area (Å²) < 4.78 is 0. The molecule has 0 aromatic heterocycles. The van der Waals surface area contributed by atoms with Crippen LogP contribution in [0.1, 0.15) is 77.0 Å². The normalized spacial score (nSPS) is 9.71. The van der Waals surface area contributed by atoms with Crippen LogP contribution in [-0.4, -0.2) is 33.8 Å². The molecule has 0 radical (unpaired) electrons. The SMILES string of the molecule is C=CCCCCCCCCC(=O)CCCCC(=O)O.O=C(O)CCl. The average molecular weight is 363 g/mol. The highest BCUT2D eigenvalue weighted by atomic mass is 35.5. The van der Waals surface area contributed by atoms with Gasteiger partial charge in [0.25, 0.3) is 0 Å². The molecule has 0 spiro atoms. The van der Waals surface area contributed by atoms with Crippen LogP contribution in [0.5, 0.6) is 0 Å². The first kappa shape index (κ1) is 24.9. The third-order valence-electron chi connectivity index (χ3n) is 3.32. The molecule has 0 aliphatic rings. The van der Waals surface area contributed by atoms with Gasteiger partial charge in [-0.1, -0.05) is 31.8 Å². The number of rotatable bonds is 15. The summed E-state index contributed by atoms with van der Waals surface area (Å²) in [6, 6.07) is 0. The van der Waals surface area contributed by atoms with Crippen LogP contribution in [0.2, 0.25) is 0 Å². The van der Waals surface area contributed by atoms with E-state index < -0.39 is 11.9 Å². The Balaban J connectivity index is 0. The molecule has 2 N–H and O–H groups in total. The van der Waals surface area contributed by atoms with Gasteiger partial charge in [-0.05, 0) is 32.1 Å². The Morgan fingerprint density at radius 3 is 1.62 bits per heavy atom. The van der Waals surface area contributed by atoms with Gasteiger partial charge in [0.2, 0.25) is 0 Å². The molecule has 24 heavy (non-hydrogen) atoms. The molecule has 0 saturated heterocycles. The number of carboxylic acids is 2. The van der Waals surface area contributed by atoms with Crippen molar-refractivity contribution in [1.82, 2.24) is 0 Å². The average Bonchev–Trinajstić information content (AvgIpc) is 2.54. The zero-order valence-corrected chi connectivity index (χ0v) is 15.2. The van der Waals surface area contributed by atoms with Gasteiger partial charge in [-0.15, -0.1) is 18.2 Å². The maximum atomic E-state index is 11.5. The molecule has 6 heteroatoms. The molecule has 0 saturated carbocycles. The third-order valence-corrected chi connectivity index (χ3v) is 3.55. The molecule has 0 rings (SSSR count). The van der Waals surface area contributed by atoms with Gasteiger partial charge < -0.3 is 10.2 Å². The molecule has 0 aromatic carbocycles. The number of allylic oxidation sites excluding steroid dienone is 1. The smallest absolute Gasteiger partial charge is 0.318 e. The molecular formula is C18H31ClO5. The Morgan fingerprint density at radius 1 is 0.750 bits per heavy atom. The lowest BCUT2D eigenvalue weighted by Crippen LogP contribution is -1.99. The van der Waals surface area contributed by atoms with Crippen molar-refractivity contribution in [3.8, 4) is 0 Å². The number of hydrogen-bond donors (Lipinski definition) is 2. The van der Waals surface area contributed by atoms with Gasteiger partial charge in [0.15, 0.2) is 0 Å². The molecule has 0 unspecified atom stereocenters. The summed E-state index contributed by atoms with van der Waals surface area (Å²) in [7, 11) is 0. The molecule has 0 amide bonds. The molecule has 0 atom stereocenters. The van der Waals surface area contributed by atoms with Crippen molar-refractivity contribution in [2.24, 2.45) is 0 Å². The zero-order valence-electron chi connectivity index (χ0n) is 14.5. The molecule has 5 nitrogen and oxygen atoms in total. The van der Waals surface area contributed by atoms with Crippen LogP contribution in [0, 0.1) is 0 Å². The van der Waals surface area contributed by atoms with Crippen LogP contribution in [0.4, 0.5) is 0 Å². The van der Waals surface area contributed by atoms with E-state index in [1.165, 1.54) is 25.7 Å². The summed E-state index contributed by atoms with van der Waals surface area (Å²) in [6.07, 6.45) is 12.9. The summed E-state index contributed by atoms with van der Waals surface area (Å²) in [4.78, 5) is 31.0. The van der Waals surface area contributed by atoms with Crippen LogP contribution >= 0.6 is 11.6 Å². The third kappa shape index (κ3) is 25.6. The van der Waals surface area contributed by atoms with E-state index in [1.807, 2.05) is 6.08 Å². The number of carbonyl (C=O) groups is 3. The van der Waals surface area contributed by atoms with Crippen LogP contribution in [0.3, 0.4) is 0 Å². The quantitative estimate of drug-likeness (QED) is 0.247. The monoisotopic (exact) mass is 362 g/mol. The van der Waals surface area contributed by atoms with Gasteiger partial charge in [0, 0.05) is 19.3 Å². The molecule has 0 aliphatic heterocycles. The van der Waals surface area contributed by atoms with E-state index in [-0.39, 0.29) is 18.1 Å². The highest BCUT2D eigenvalue weighted by Gasteiger charge is 2.03. The van der Waals surface area contributed by atoms with E-state index >= 15 is 0 Å². The number of halogens is 1. The van der Waals surface area contributed by atoms with Gasteiger partial charge in [0.1, 0.15) is 11.7 Å². The van der Waals surface area contributed by atoms with Crippen molar-refractivity contribution < 1.29 is 24.6 Å². The number of hydrogen-bond acceptors (Lipinski definition) is 3. The van der Waals surface area contributed by atoms with E-state index in [4.69, 9.17) is 21.8 Å². The van der Waals surface area contributed by atoms with Crippen LogP contribution in [0.25, 0.3) is 0 Å². The molecule has 0 aromatic rings. The van der Waals surface area contributed by atoms with Crippen LogP contribution in [0.15, 0.2) is 12.7 Å². The topological polar surface area (TPSA) is 91.7 Å². The predicted octanol–water partition coefficient (Wildman–Crippen LogP) is 4.82. The number of alkyl halides is 1. The minimum absolute atomic E-state index is 0.179. The van der Waals surface area contributed by atoms with Crippen molar-refractivity contribution in [3.05, 3.63) is 12.7 Å². The Bertz CT molecular complexity index is 355. The first-order chi connectivity index (χ1) is 11.4. The van der Waals surface area contributed by atoms with E-state index in [2.05, 4.69) is 6.58 Å². The number of carboxylic acid groups (broad SMARTS) is 2. The van der Waals surface area contributed by atoms with Crippen LogP contribution < -0.4 is 0 Å². The highest BCUT2D eigenvalue weighted by Crippen LogP contribution is 2.10. The standard InChI is InChI=1S/C16H28O3.C2H3ClO2/c1-2-3-4-5-6-7-8-9-12-15(17)13-10-11-14-16(18)19;3-1-2(4)5/h2H,1,3-14H2,(H,18,19);1H2,(H,4,5). The first-order valence-corrected chi connectivity index (χ1v) is 9.09. The number of unbranched alkanes of at least 4 members (excludes halogenated alkanes) is 7. The summed E-state index contributed by atoms with van der Waals surface area (Å²) in [5.74, 6) is -1.77. The fourth-order valence-corrected chi connectivity index (χ4v) is 2.04. The van der Waals surface area contributed by atoms with Crippen LogP contribution in [-0.2, 0) is 14.4 Å². The molecule has 0 aliphatic carbocycles.